The molecule has 0 aromatic heterocycles. The highest BCUT2D eigenvalue weighted by atomic mass is 19.0. The molecule has 0 radical (unpaired) electrons. The van der Waals surface area contributed by atoms with Gasteiger partial charge in [-0.25, -0.2) is 0 Å². The van der Waals surface area contributed by atoms with E-state index in [2.05, 4.69) is 4.98 Å². The van der Waals surface area contributed by atoms with Gasteiger partial charge in [-0.1, -0.05) is 6.07 Å². The van der Waals surface area contributed by atoms with Crippen LogP contribution in [0.15, 0.2) is 24.3 Å². The van der Waals surface area contributed by atoms with Crippen LogP contribution in [0.3, 0.4) is 0 Å². The van der Waals surface area contributed by atoms with Gasteiger partial charge in [0.15, 0.2) is 4.98 Å². The zero-order valence-corrected chi connectivity index (χ0v) is 5.99. The van der Waals surface area contributed by atoms with E-state index < -0.39 is 0 Å². The first kappa shape index (κ1) is 9.37. The molecule has 0 aliphatic carbocycles. The highest BCUT2D eigenvalue weighted by Crippen LogP contribution is 2.18. The van der Waals surface area contributed by atoms with Crippen LogP contribution in [0.5, 0.6) is 5.75 Å². The highest BCUT2D eigenvalue weighted by Gasteiger charge is 2.02. The van der Waals surface area contributed by atoms with E-state index in [0.29, 0.717) is 11.4 Å². The van der Waals surface area contributed by atoms with Gasteiger partial charge in [0.05, 0.1) is 13.2 Å². The van der Waals surface area contributed by atoms with E-state index >= 15 is 0 Å². The molecule has 0 heterocycles. The number of rotatable bonds is 1. The molecule has 0 saturated carbocycles. The first-order valence-corrected chi connectivity index (χ1v) is 2.86. The van der Waals surface area contributed by atoms with Crippen LogP contribution < -0.4 is 9.44 Å². The molecule has 1 aromatic rings. The molecule has 1 rings (SSSR count). The smallest absolute Gasteiger partial charge is 0.388 e. The molecule has 0 N–H and O–H groups in total. The topological polar surface area (TPSA) is 37.4 Å². The molecular formula is C7H7FN2O. The minimum atomic E-state index is 0. The zero-order chi connectivity index (χ0) is 7.40. The van der Waals surface area contributed by atoms with E-state index in [0.717, 1.165) is 0 Å². The van der Waals surface area contributed by atoms with Crippen LogP contribution in [0.2, 0.25) is 0 Å². The van der Waals surface area contributed by atoms with Crippen molar-refractivity contribution in [3.05, 3.63) is 29.2 Å². The normalized spacial score (nSPS) is 7.64. The molecule has 0 spiro atoms. The van der Waals surface area contributed by atoms with Gasteiger partial charge in [-0.3, -0.25) is 0 Å². The number of hydrogen-bond acceptors (Lipinski definition) is 2. The van der Waals surface area contributed by atoms with E-state index in [4.69, 9.17) is 10.1 Å². The van der Waals surface area contributed by atoms with Crippen molar-refractivity contribution in [2.45, 2.75) is 0 Å². The second-order valence-electron chi connectivity index (χ2n) is 1.80. The van der Waals surface area contributed by atoms with E-state index in [1.807, 2.05) is 0 Å². The maximum atomic E-state index is 8.33. The van der Waals surface area contributed by atoms with Gasteiger partial charge in [0.25, 0.3) is 0 Å². The van der Waals surface area contributed by atoms with Crippen molar-refractivity contribution in [3.63, 3.8) is 0 Å². The van der Waals surface area contributed by atoms with E-state index in [1.54, 1.807) is 31.4 Å². The first-order valence-electron chi connectivity index (χ1n) is 2.86. The predicted molar refractivity (Wildman–Crippen MR) is 37.7 cm³/mol. The van der Waals surface area contributed by atoms with Crippen LogP contribution in [0.1, 0.15) is 0 Å². The highest BCUT2D eigenvalue weighted by molar-refractivity contribution is 5.48. The van der Waals surface area contributed by atoms with Gasteiger partial charge in [-0.2, -0.15) is 0 Å². The molecule has 0 aliphatic heterocycles. The van der Waals surface area contributed by atoms with Crippen LogP contribution in [-0.2, 0) is 0 Å². The van der Waals surface area contributed by atoms with Crippen LogP contribution in [0, 0.1) is 5.39 Å². The number of diazo groups is 1. The molecule has 0 saturated heterocycles. The fraction of sp³-hybridized carbons (Fsp3) is 0.143. The van der Waals surface area contributed by atoms with Crippen molar-refractivity contribution in [1.29, 1.82) is 5.39 Å². The van der Waals surface area contributed by atoms with Crippen LogP contribution in [0.25, 0.3) is 4.98 Å². The Morgan fingerprint density at radius 1 is 1.45 bits per heavy atom. The molecule has 0 bridgehead atoms. The predicted octanol–water partition coefficient (Wildman–Crippen LogP) is -0.816. The SMILES string of the molecule is COc1cccc([N+]#N)c1.[F-]. The molecule has 0 fully saturated rings. The molecule has 58 valence electrons. The summed E-state index contributed by atoms with van der Waals surface area (Å²) < 4.78 is 4.89. The van der Waals surface area contributed by atoms with Crippen molar-refractivity contribution in [2.24, 2.45) is 0 Å². The first-order chi connectivity index (χ1) is 4.86. The van der Waals surface area contributed by atoms with Crippen LogP contribution in [-0.4, -0.2) is 7.11 Å². The van der Waals surface area contributed by atoms with Gasteiger partial charge < -0.3 is 9.44 Å². The summed E-state index contributed by atoms with van der Waals surface area (Å²) in [5.41, 5.74) is 0.499. The number of methoxy groups -OCH3 is 1. The third-order valence-corrected chi connectivity index (χ3v) is 1.17. The third-order valence-electron chi connectivity index (χ3n) is 1.17. The minimum Gasteiger partial charge on any atom is -1.00 e. The van der Waals surface area contributed by atoms with Gasteiger partial charge >= 0.3 is 5.69 Å². The fourth-order valence-electron chi connectivity index (χ4n) is 0.673. The Hall–Kier alpha value is -1.63. The molecule has 0 amide bonds. The van der Waals surface area contributed by atoms with Crippen molar-refractivity contribution in [3.8, 4) is 5.75 Å². The van der Waals surface area contributed by atoms with Crippen molar-refractivity contribution < 1.29 is 9.44 Å². The molecule has 0 atom stereocenters. The Bertz CT molecular complexity index is 269. The van der Waals surface area contributed by atoms with Crippen LogP contribution in [0.4, 0.5) is 5.69 Å². The number of nitrogens with zero attached hydrogens (tertiary/aromatic N) is 2. The van der Waals surface area contributed by atoms with Crippen molar-refractivity contribution in [1.82, 2.24) is 0 Å². The van der Waals surface area contributed by atoms with Gasteiger partial charge in [0, 0.05) is 6.07 Å². The molecule has 0 unspecified atom stereocenters. The molecule has 4 heteroatoms. The summed E-state index contributed by atoms with van der Waals surface area (Å²) in [6.07, 6.45) is 0. The third kappa shape index (κ3) is 2.22. The summed E-state index contributed by atoms with van der Waals surface area (Å²) in [5.74, 6) is 0.690. The number of benzene rings is 1. The van der Waals surface area contributed by atoms with E-state index in [1.165, 1.54) is 0 Å². The van der Waals surface area contributed by atoms with Gasteiger partial charge in [-0.15, -0.1) is 0 Å². The largest absolute Gasteiger partial charge is 1.00 e. The summed E-state index contributed by atoms with van der Waals surface area (Å²) >= 11 is 0. The molecule has 3 nitrogen and oxygen atoms in total. The maximum absolute atomic E-state index is 8.33. The summed E-state index contributed by atoms with van der Waals surface area (Å²) in [7, 11) is 1.57. The van der Waals surface area contributed by atoms with E-state index in [-0.39, 0.29) is 4.70 Å². The van der Waals surface area contributed by atoms with Gasteiger partial charge in [0.1, 0.15) is 5.75 Å². The Labute approximate surface area is 63.6 Å². The van der Waals surface area contributed by atoms with Crippen molar-refractivity contribution in [2.75, 3.05) is 7.11 Å². The number of halogens is 1. The molecule has 0 aliphatic rings. The van der Waals surface area contributed by atoms with Crippen LogP contribution >= 0.6 is 0 Å². The van der Waals surface area contributed by atoms with E-state index in [9.17, 15) is 0 Å². The average Bonchev–Trinajstić information content (AvgIpc) is 2.05. The number of hydrogen-bond donors (Lipinski definition) is 0. The zero-order valence-electron chi connectivity index (χ0n) is 5.99. The van der Waals surface area contributed by atoms with Gasteiger partial charge in [-0.05, 0) is 6.07 Å². The summed E-state index contributed by atoms with van der Waals surface area (Å²) in [4.78, 5) is 3.00. The second kappa shape index (κ2) is 4.23. The monoisotopic (exact) mass is 154 g/mol. The standard InChI is InChI=1S/C7H7N2O.FH/c1-10-7-4-2-3-6(5-7)9-8;/h2-5H,1H3;1H/q+1;/p-1. The van der Waals surface area contributed by atoms with Crippen molar-refractivity contribution >= 4 is 5.69 Å². The summed E-state index contributed by atoms with van der Waals surface area (Å²) in [6.45, 7) is 0. The molecule has 11 heavy (non-hydrogen) atoms. The Balaban J connectivity index is 0.000001000. The lowest BCUT2D eigenvalue weighted by molar-refractivity contribution is -0.00000261. The van der Waals surface area contributed by atoms with Gasteiger partial charge in [0.2, 0.25) is 5.39 Å². The maximum Gasteiger partial charge on any atom is 0.388 e. The second-order valence-corrected chi connectivity index (χ2v) is 1.80. The number of ether oxygens (including phenoxy) is 1. The Kier molecular flexibility index (Phi) is 3.60. The molecular weight excluding hydrogens is 147 g/mol. The minimum absolute atomic E-state index is 0. The Morgan fingerprint density at radius 2 is 2.18 bits per heavy atom. The molecule has 1 aromatic carbocycles. The summed E-state index contributed by atoms with van der Waals surface area (Å²) in [5, 5.41) is 8.33. The quantitative estimate of drug-likeness (QED) is 0.496. The lowest BCUT2D eigenvalue weighted by Crippen LogP contribution is -3.00. The fourth-order valence-corrected chi connectivity index (χ4v) is 0.673. The average molecular weight is 154 g/mol. The summed E-state index contributed by atoms with van der Waals surface area (Å²) in [6, 6.07) is 6.87. The Morgan fingerprint density at radius 3 is 2.73 bits per heavy atom. The lowest BCUT2D eigenvalue weighted by atomic mass is 10.3. The lowest BCUT2D eigenvalue weighted by Gasteiger charge is -1.92.